The Bertz CT molecular complexity index is 460. The second kappa shape index (κ2) is 4.72. The Kier molecular flexibility index (Phi) is 3.07. The molecule has 1 nitrogen and oxygen atoms in total. The maximum Gasteiger partial charge on any atom is 0.166 e. The number of benzene rings is 1. The normalized spacial score (nSPS) is 30.8. The summed E-state index contributed by atoms with van der Waals surface area (Å²) in [5.74, 6) is 0.580. The van der Waals surface area contributed by atoms with Gasteiger partial charge in [-0.2, -0.15) is 0 Å². The Labute approximate surface area is 109 Å². The number of ketones is 1. The van der Waals surface area contributed by atoms with Crippen molar-refractivity contribution >= 4 is 5.78 Å². The third kappa shape index (κ3) is 1.92. The molecule has 0 saturated heterocycles. The molecule has 1 aromatic carbocycles. The monoisotopic (exact) mass is 240 g/mol. The third-order valence-corrected chi connectivity index (χ3v) is 4.67. The quantitative estimate of drug-likeness (QED) is 0.553. The standard InChI is InChI=1S/C17H20O/c18-16(14-8-3-1-4-9-14)15-10-7-13-17(15)11-5-2-6-12-17/h1,3-5,8-9,11,15H,2,6-7,10,12-13H2. The van der Waals surface area contributed by atoms with Crippen LogP contribution in [0.3, 0.4) is 0 Å². The fraction of sp³-hybridized carbons (Fsp3) is 0.471. The van der Waals surface area contributed by atoms with Crippen LogP contribution in [0.15, 0.2) is 42.5 Å². The van der Waals surface area contributed by atoms with Crippen molar-refractivity contribution in [3.63, 3.8) is 0 Å². The number of rotatable bonds is 2. The van der Waals surface area contributed by atoms with Crippen LogP contribution in [-0.2, 0) is 0 Å². The highest BCUT2D eigenvalue weighted by Crippen LogP contribution is 2.51. The van der Waals surface area contributed by atoms with Crippen molar-refractivity contribution in [2.45, 2.75) is 38.5 Å². The molecule has 2 aliphatic rings. The molecule has 0 amide bonds. The van der Waals surface area contributed by atoms with E-state index in [1.54, 1.807) is 0 Å². The van der Waals surface area contributed by atoms with E-state index in [0.29, 0.717) is 5.78 Å². The summed E-state index contributed by atoms with van der Waals surface area (Å²) in [4.78, 5) is 12.7. The molecule has 1 aromatic rings. The number of carbonyl (C=O) groups is 1. The van der Waals surface area contributed by atoms with Crippen molar-refractivity contribution in [3.8, 4) is 0 Å². The molecule has 1 fully saturated rings. The summed E-state index contributed by atoms with van der Waals surface area (Å²) >= 11 is 0. The van der Waals surface area contributed by atoms with Gasteiger partial charge in [-0.05, 0) is 37.5 Å². The van der Waals surface area contributed by atoms with E-state index in [1.165, 1.54) is 32.1 Å². The average Bonchev–Trinajstić information content (AvgIpc) is 2.83. The van der Waals surface area contributed by atoms with Gasteiger partial charge < -0.3 is 0 Å². The molecule has 3 rings (SSSR count). The molecule has 0 aromatic heterocycles. The van der Waals surface area contributed by atoms with Crippen LogP contribution < -0.4 is 0 Å². The zero-order valence-corrected chi connectivity index (χ0v) is 10.8. The van der Waals surface area contributed by atoms with Gasteiger partial charge in [0.15, 0.2) is 5.78 Å². The second-order valence-corrected chi connectivity index (χ2v) is 5.70. The van der Waals surface area contributed by atoms with Gasteiger partial charge in [-0.25, -0.2) is 0 Å². The van der Waals surface area contributed by atoms with Gasteiger partial charge >= 0.3 is 0 Å². The molecule has 0 aliphatic heterocycles. The lowest BCUT2D eigenvalue weighted by atomic mass is 9.69. The van der Waals surface area contributed by atoms with Crippen molar-refractivity contribution < 1.29 is 4.79 Å². The molecular formula is C17H20O. The summed E-state index contributed by atoms with van der Waals surface area (Å²) in [6.45, 7) is 0. The zero-order valence-electron chi connectivity index (χ0n) is 10.8. The Morgan fingerprint density at radius 3 is 2.61 bits per heavy atom. The first kappa shape index (κ1) is 11.7. The highest BCUT2D eigenvalue weighted by atomic mass is 16.1. The Hall–Kier alpha value is -1.37. The van der Waals surface area contributed by atoms with Crippen LogP contribution in [0.5, 0.6) is 0 Å². The van der Waals surface area contributed by atoms with Crippen LogP contribution in [0.4, 0.5) is 0 Å². The lowest BCUT2D eigenvalue weighted by Gasteiger charge is -2.34. The maximum absolute atomic E-state index is 12.7. The summed E-state index contributed by atoms with van der Waals surface area (Å²) in [5, 5.41) is 0. The van der Waals surface area contributed by atoms with E-state index in [2.05, 4.69) is 12.2 Å². The molecule has 1 saturated carbocycles. The summed E-state index contributed by atoms with van der Waals surface area (Å²) in [7, 11) is 0. The second-order valence-electron chi connectivity index (χ2n) is 5.70. The van der Waals surface area contributed by atoms with Gasteiger partial charge in [0, 0.05) is 11.5 Å². The number of hydrogen-bond donors (Lipinski definition) is 0. The van der Waals surface area contributed by atoms with Crippen molar-refractivity contribution in [3.05, 3.63) is 48.0 Å². The van der Waals surface area contributed by atoms with Crippen molar-refractivity contribution in [2.75, 3.05) is 0 Å². The Morgan fingerprint density at radius 1 is 1.11 bits per heavy atom. The van der Waals surface area contributed by atoms with Crippen molar-refractivity contribution in [1.82, 2.24) is 0 Å². The SMILES string of the molecule is O=C(c1ccccc1)C1CCCC12C=CCCC2. The molecule has 0 N–H and O–H groups in total. The van der Waals surface area contributed by atoms with Gasteiger partial charge in [0.1, 0.15) is 0 Å². The zero-order chi connectivity index (χ0) is 12.4. The molecule has 18 heavy (non-hydrogen) atoms. The van der Waals surface area contributed by atoms with Gasteiger partial charge in [-0.15, -0.1) is 0 Å². The van der Waals surface area contributed by atoms with Crippen LogP contribution in [-0.4, -0.2) is 5.78 Å². The van der Waals surface area contributed by atoms with E-state index in [9.17, 15) is 4.79 Å². The van der Waals surface area contributed by atoms with Crippen molar-refractivity contribution in [2.24, 2.45) is 11.3 Å². The minimum atomic E-state index is 0.186. The lowest BCUT2D eigenvalue weighted by molar-refractivity contribution is 0.0833. The first-order chi connectivity index (χ1) is 8.82. The van der Waals surface area contributed by atoms with E-state index in [4.69, 9.17) is 0 Å². The Morgan fingerprint density at radius 2 is 1.89 bits per heavy atom. The molecule has 2 atom stereocenters. The van der Waals surface area contributed by atoms with E-state index < -0.39 is 0 Å². The number of carbonyl (C=O) groups excluding carboxylic acids is 1. The average molecular weight is 240 g/mol. The van der Waals surface area contributed by atoms with Gasteiger partial charge in [0.05, 0.1) is 0 Å². The molecular weight excluding hydrogens is 220 g/mol. The topological polar surface area (TPSA) is 17.1 Å². The number of hydrogen-bond acceptors (Lipinski definition) is 1. The fourth-order valence-corrected chi connectivity index (χ4v) is 3.74. The summed E-state index contributed by atoms with van der Waals surface area (Å²) in [6.07, 6.45) is 11.8. The van der Waals surface area contributed by atoms with Gasteiger partial charge in [-0.1, -0.05) is 48.9 Å². The summed E-state index contributed by atoms with van der Waals surface area (Å²) < 4.78 is 0. The molecule has 2 unspecified atom stereocenters. The third-order valence-electron chi connectivity index (χ3n) is 4.67. The summed E-state index contributed by atoms with van der Waals surface area (Å²) in [5.41, 5.74) is 1.08. The van der Waals surface area contributed by atoms with Crippen LogP contribution >= 0.6 is 0 Å². The van der Waals surface area contributed by atoms with Crippen LogP contribution in [0.2, 0.25) is 0 Å². The fourth-order valence-electron chi connectivity index (χ4n) is 3.74. The van der Waals surface area contributed by atoms with Crippen LogP contribution in [0.25, 0.3) is 0 Å². The van der Waals surface area contributed by atoms with Gasteiger partial charge in [-0.3, -0.25) is 4.79 Å². The smallest absolute Gasteiger partial charge is 0.166 e. The number of allylic oxidation sites excluding steroid dienone is 2. The first-order valence-electron chi connectivity index (χ1n) is 7.09. The first-order valence-corrected chi connectivity index (χ1v) is 7.09. The van der Waals surface area contributed by atoms with E-state index >= 15 is 0 Å². The minimum absolute atomic E-state index is 0.186. The molecule has 94 valence electrons. The summed E-state index contributed by atoms with van der Waals surface area (Å²) in [6, 6.07) is 9.82. The highest BCUT2D eigenvalue weighted by Gasteiger charge is 2.44. The maximum atomic E-state index is 12.7. The Balaban J connectivity index is 1.89. The van der Waals surface area contributed by atoms with Crippen LogP contribution in [0.1, 0.15) is 48.9 Å². The van der Waals surface area contributed by atoms with E-state index in [-0.39, 0.29) is 11.3 Å². The molecule has 0 radical (unpaired) electrons. The molecule has 0 heterocycles. The molecule has 0 bridgehead atoms. The number of Topliss-reactive ketones (excluding diaryl/α,β-unsaturated/α-hetero) is 1. The molecule has 2 aliphatic carbocycles. The van der Waals surface area contributed by atoms with Gasteiger partial charge in [0.25, 0.3) is 0 Å². The molecule has 1 spiro atoms. The predicted molar refractivity (Wildman–Crippen MR) is 73.5 cm³/mol. The van der Waals surface area contributed by atoms with Crippen molar-refractivity contribution in [1.29, 1.82) is 0 Å². The predicted octanol–water partition coefficient (Wildman–Crippen LogP) is 4.40. The molecule has 1 heteroatoms. The van der Waals surface area contributed by atoms with Gasteiger partial charge in [0.2, 0.25) is 0 Å². The highest BCUT2D eigenvalue weighted by molar-refractivity contribution is 5.98. The van der Waals surface area contributed by atoms with E-state index in [1.807, 2.05) is 30.3 Å². The lowest BCUT2D eigenvalue weighted by Crippen LogP contribution is -2.31. The van der Waals surface area contributed by atoms with Crippen LogP contribution in [0, 0.1) is 11.3 Å². The van der Waals surface area contributed by atoms with E-state index in [0.717, 1.165) is 12.0 Å². The minimum Gasteiger partial charge on any atom is -0.294 e. The largest absolute Gasteiger partial charge is 0.294 e.